The van der Waals surface area contributed by atoms with Crippen molar-refractivity contribution in [3.8, 4) is 0 Å². The Morgan fingerprint density at radius 2 is 2.12 bits per heavy atom. The molecule has 4 heteroatoms. The predicted molar refractivity (Wildman–Crippen MR) is 68.2 cm³/mol. The van der Waals surface area contributed by atoms with Crippen LogP contribution in [-0.2, 0) is 18.0 Å². The summed E-state index contributed by atoms with van der Waals surface area (Å²) in [5.74, 6) is 0.0247. The molecule has 1 aliphatic carbocycles. The van der Waals surface area contributed by atoms with Crippen molar-refractivity contribution in [3.63, 3.8) is 0 Å². The van der Waals surface area contributed by atoms with Gasteiger partial charge in [-0.05, 0) is 36.1 Å². The normalized spacial score (nSPS) is 19.8. The van der Waals surface area contributed by atoms with Crippen LogP contribution in [0.1, 0.15) is 34.3 Å². The molecule has 1 aromatic rings. The zero-order valence-corrected chi connectivity index (χ0v) is 11.0. The van der Waals surface area contributed by atoms with Crippen LogP contribution in [0, 0.1) is 0 Å². The summed E-state index contributed by atoms with van der Waals surface area (Å²) in [5.41, 5.74) is 3.08. The summed E-state index contributed by atoms with van der Waals surface area (Å²) in [7, 11) is 0. The van der Waals surface area contributed by atoms with Crippen LogP contribution in [0.4, 0.5) is 0 Å². The summed E-state index contributed by atoms with van der Waals surface area (Å²) in [6, 6.07) is 5.82. The Balaban J connectivity index is 1.78. The lowest BCUT2D eigenvalue weighted by atomic mass is 10.1. The smallest absolute Gasteiger partial charge is 0.251 e. The summed E-state index contributed by atoms with van der Waals surface area (Å²) < 4.78 is 5.34. The zero-order valence-electron chi connectivity index (χ0n) is 9.46. The first-order chi connectivity index (χ1) is 8.22. The second-order valence-corrected chi connectivity index (χ2v) is 5.41. The van der Waals surface area contributed by atoms with Gasteiger partial charge in [-0.1, -0.05) is 22.0 Å². The molecule has 2 aliphatic rings. The first kappa shape index (κ1) is 11.2. The minimum Gasteiger partial charge on any atom is -0.372 e. The predicted octanol–water partition coefficient (Wildman–Crippen LogP) is 2.37. The molecule has 0 aromatic heterocycles. The third kappa shape index (κ3) is 2.11. The minimum atomic E-state index is 0.00655. The summed E-state index contributed by atoms with van der Waals surface area (Å²) in [6.45, 7) is 1.29. The molecule has 0 bridgehead atoms. The first-order valence-electron chi connectivity index (χ1n) is 5.80. The van der Waals surface area contributed by atoms with Crippen LogP contribution < -0.4 is 5.32 Å². The monoisotopic (exact) mass is 295 g/mol. The number of hydrogen-bond acceptors (Lipinski definition) is 2. The van der Waals surface area contributed by atoms with E-state index in [1.807, 2.05) is 18.2 Å². The van der Waals surface area contributed by atoms with Crippen LogP contribution in [0.5, 0.6) is 0 Å². The maximum atomic E-state index is 12.1. The van der Waals surface area contributed by atoms with Crippen LogP contribution in [-0.4, -0.2) is 16.8 Å². The highest BCUT2D eigenvalue weighted by Crippen LogP contribution is 2.37. The number of halogens is 1. The lowest BCUT2D eigenvalue weighted by molar-refractivity contribution is 0.0936. The standard InChI is InChI=1S/C13H14BrNO2/c14-8-13(3-4-13)15-12(16)9-1-2-10-6-17-7-11(10)5-9/h1-2,5H,3-4,6-8H2,(H,15,16). The molecule has 0 atom stereocenters. The molecule has 1 N–H and O–H groups in total. The topological polar surface area (TPSA) is 38.3 Å². The van der Waals surface area contributed by atoms with E-state index in [0.29, 0.717) is 13.2 Å². The molecular weight excluding hydrogens is 282 g/mol. The average molecular weight is 296 g/mol. The van der Waals surface area contributed by atoms with Gasteiger partial charge in [0.05, 0.1) is 18.8 Å². The molecular formula is C13H14BrNO2. The van der Waals surface area contributed by atoms with E-state index < -0.39 is 0 Å². The average Bonchev–Trinajstić information content (AvgIpc) is 2.96. The van der Waals surface area contributed by atoms with Gasteiger partial charge in [-0.2, -0.15) is 0 Å². The number of ether oxygens (including phenoxy) is 1. The number of rotatable bonds is 3. The van der Waals surface area contributed by atoms with Gasteiger partial charge >= 0.3 is 0 Å². The second-order valence-electron chi connectivity index (χ2n) is 4.84. The largest absolute Gasteiger partial charge is 0.372 e. The molecule has 0 unspecified atom stereocenters. The van der Waals surface area contributed by atoms with Crippen molar-refractivity contribution < 1.29 is 9.53 Å². The number of carbonyl (C=O) groups is 1. The molecule has 17 heavy (non-hydrogen) atoms. The van der Waals surface area contributed by atoms with Crippen LogP contribution in [0.2, 0.25) is 0 Å². The zero-order chi connectivity index (χ0) is 11.9. The lowest BCUT2D eigenvalue weighted by Crippen LogP contribution is -2.38. The Bertz CT molecular complexity index is 468. The number of nitrogens with one attached hydrogen (secondary N) is 1. The van der Waals surface area contributed by atoms with Crippen molar-refractivity contribution in [1.82, 2.24) is 5.32 Å². The fourth-order valence-electron chi connectivity index (χ4n) is 2.07. The molecule has 1 aliphatic heterocycles. The number of alkyl halides is 1. The number of fused-ring (bicyclic) bond motifs is 1. The van der Waals surface area contributed by atoms with E-state index in [0.717, 1.165) is 29.3 Å². The van der Waals surface area contributed by atoms with Gasteiger partial charge in [-0.3, -0.25) is 4.79 Å². The third-order valence-corrected chi connectivity index (χ3v) is 4.54. The van der Waals surface area contributed by atoms with Crippen molar-refractivity contribution in [2.24, 2.45) is 0 Å². The van der Waals surface area contributed by atoms with E-state index in [-0.39, 0.29) is 11.4 Å². The molecule has 1 fully saturated rings. The van der Waals surface area contributed by atoms with Crippen molar-refractivity contribution in [3.05, 3.63) is 34.9 Å². The van der Waals surface area contributed by atoms with Crippen molar-refractivity contribution >= 4 is 21.8 Å². The fourth-order valence-corrected chi connectivity index (χ4v) is 2.77. The van der Waals surface area contributed by atoms with Gasteiger partial charge in [0.25, 0.3) is 5.91 Å². The highest BCUT2D eigenvalue weighted by molar-refractivity contribution is 9.09. The summed E-state index contributed by atoms with van der Waals surface area (Å²) in [4.78, 5) is 12.1. The maximum absolute atomic E-state index is 12.1. The Morgan fingerprint density at radius 1 is 1.35 bits per heavy atom. The van der Waals surface area contributed by atoms with E-state index in [4.69, 9.17) is 4.74 Å². The van der Waals surface area contributed by atoms with Gasteiger partial charge in [-0.25, -0.2) is 0 Å². The Morgan fingerprint density at radius 3 is 2.82 bits per heavy atom. The number of hydrogen-bond donors (Lipinski definition) is 1. The lowest BCUT2D eigenvalue weighted by Gasteiger charge is -2.14. The third-order valence-electron chi connectivity index (χ3n) is 3.47. The van der Waals surface area contributed by atoms with Crippen molar-refractivity contribution in [2.75, 3.05) is 5.33 Å². The molecule has 0 spiro atoms. The Labute approximate surface area is 109 Å². The van der Waals surface area contributed by atoms with E-state index in [1.54, 1.807) is 0 Å². The molecule has 1 saturated carbocycles. The summed E-state index contributed by atoms with van der Waals surface area (Å²) >= 11 is 3.45. The van der Waals surface area contributed by atoms with Crippen LogP contribution in [0.15, 0.2) is 18.2 Å². The molecule has 0 saturated heterocycles. The number of amides is 1. The minimum absolute atomic E-state index is 0.00655. The highest BCUT2D eigenvalue weighted by Gasteiger charge is 2.43. The van der Waals surface area contributed by atoms with E-state index in [1.165, 1.54) is 5.56 Å². The quantitative estimate of drug-likeness (QED) is 0.870. The molecule has 0 radical (unpaired) electrons. The maximum Gasteiger partial charge on any atom is 0.251 e. The number of carbonyl (C=O) groups excluding carboxylic acids is 1. The number of benzene rings is 1. The highest BCUT2D eigenvalue weighted by atomic mass is 79.9. The molecule has 1 aromatic carbocycles. The van der Waals surface area contributed by atoms with Crippen molar-refractivity contribution in [2.45, 2.75) is 31.6 Å². The fraction of sp³-hybridized carbons (Fsp3) is 0.462. The Hall–Kier alpha value is -0.870. The molecule has 1 heterocycles. The molecule has 3 rings (SSSR count). The van der Waals surface area contributed by atoms with Gasteiger partial charge in [0.15, 0.2) is 0 Å². The van der Waals surface area contributed by atoms with Crippen LogP contribution in [0.25, 0.3) is 0 Å². The van der Waals surface area contributed by atoms with Crippen LogP contribution >= 0.6 is 15.9 Å². The van der Waals surface area contributed by atoms with Gasteiger partial charge in [0.2, 0.25) is 0 Å². The molecule has 90 valence electrons. The summed E-state index contributed by atoms with van der Waals surface area (Å²) in [5, 5.41) is 3.93. The molecule has 3 nitrogen and oxygen atoms in total. The SMILES string of the molecule is O=C(NC1(CBr)CC1)c1ccc2c(c1)COC2. The first-order valence-corrected chi connectivity index (χ1v) is 6.93. The van der Waals surface area contributed by atoms with Gasteiger partial charge < -0.3 is 10.1 Å². The van der Waals surface area contributed by atoms with Crippen molar-refractivity contribution in [1.29, 1.82) is 0 Å². The second kappa shape index (κ2) is 4.10. The van der Waals surface area contributed by atoms with Gasteiger partial charge in [0.1, 0.15) is 0 Å². The van der Waals surface area contributed by atoms with E-state index in [2.05, 4.69) is 21.2 Å². The Kier molecular flexibility index (Phi) is 2.71. The van der Waals surface area contributed by atoms with Gasteiger partial charge in [0, 0.05) is 10.9 Å². The van der Waals surface area contributed by atoms with Gasteiger partial charge in [-0.15, -0.1) is 0 Å². The van der Waals surface area contributed by atoms with Crippen LogP contribution in [0.3, 0.4) is 0 Å². The van der Waals surface area contributed by atoms with E-state index >= 15 is 0 Å². The molecule has 1 amide bonds. The summed E-state index contributed by atoms with van der Waals surface area (Å²) in [6.07, 6.45) is 2.14. The van der Waals surface area contributed by atoms with E-state index in [9.17, 15) is 4.79 Å².